The van der Waals surface area contributed by atoms with Crippen molar-refractivity contribution in [2.75, 3.05) is 26.7 Å². The van der Waals surface area contributed by atoms with Crippen LogP contribution in [0.2, 0.25) is 0 Å². The maximum atomic E-state index is 6.09. The zero-order chi connectivity index (χ0) is 14.6. The zero-order valence-electron chi connectivity index (χ0n) is 14.0. The first-order valence-corrected chi connectivity index (χ1v) is 8.67. The first-order valence-electron chi connectivity index (χ1n) is 8.67. The van der Waals surface area contributed by atoms with Gasteiger partial charge in [-0.15, -0.1) is 0 Å². The largest absolute Gasteiger partial charge is 0.375 e. The highest BCUT2D eigenvalue weighted by molar-refractivity contribution is 4.90. The third-order valence-electron chi connectivity index (χ3n) is 5.75. The van der Waals surface area contributed by atoms with Gasteiger partial charge in [0.05, 0.1) is 5.60 Å². The average molecular weight is 282 g/mol. The summed E-state index contributed by atoms with van der Waals surface area (Å²) in [6.45, 7) is 10.4. The molecule has 0 aromatic carbocycles. The van der Waals surface area contributed by atoms with Gasteiger partial charge in [-0.25, -0.2) is 0 Å². The molecule has 2 atom stereocenters. The van der Waals surface area contributed by atoms with Gasteiger partial charge in [-0.1, -0.05) is 13.8 Å². The van der Waals surface area contributed by atoms with Crippen LogP contribution in [0.25, 0.3) is 0 Å². The third kappa shape index (κ3) is 3.96. The van der Waals surface area contributed by atoms with E-state index < -0.39 is 0 Å². The molecule has 0 aromatic heterocycles. The van der Waals surface area contributed by atoms with Crippen LogP contribution in [0, 0.1) is 5.92 Å². The Kier molecular flexibility index (Phi) is 5.88. The molecular formula is C17H34N2O. The molecule has 1 N–H and O–H groups in total. The van der Waals surface area contributed by atoms with Crippen LogP contribution in [-0.4, -0.2) is 49.3 Å². The average Bonchev–Trinajstić information content (AvgIpc) is 2.48. The number of nitrogens with zero attached hydrogens (tertiary/aromatic N) is 1. The highest BCUT2D eigenvalue weighted by Crippen LogP contribution is 2.32. The monoisotopic (exact) mass is 282 g/mol. The van der Waals surface area contributed by atoms with Crippen LogP contribution >= 0.6 is 0 Å². The van der Waals surface area contributed by atoms with Crippen molar-refractivity contribution in [2.24, 2.45) is 5.92 Å². The fourth-order valence-electron chi connectivity index (χ4n) is 3.95. The lowest BCUT2D eigenvalue weighted by molar-refractivity contribution is -0.0947. The maximum Gasteiger partial charge on any atom is 0.0692 e. The Labute approximate surface area is 125 Å². The predicted octanol–water partition coefficient (Wildman–Crippen LogP) is 3.04. The molecule has 0 amide bonds. The number of hydrogen-bond acceptors (Lipinski definition) is 3. The van der Waals surface area contributed by atoms with Crippen molar-refractivity contribution in [1.29, 1.82) is 0 Å². The molecule has 0 radical (unpaired) electrons. The van der Waals surface area contributed by atoms with Gasteiger partial charge in [0.25, 0.3) is 0 Å². The molecule has 0 bridgehead atoms. The van der Waals surface area contributed by atoms with E-state index in [0.29, 0.717) is 12.1 Å². The number of ether oxygens (including phenoxy) is 1. The fraction of sp³-hybridized carbons (Fsp3) is 1.00. The number of nitrogens with one attached hydrogen (secondary N) is 1. The highest BCUT2D eigenvalue weighted by Gasteiger charge is 2.35. The Bertz CT molecular complexity index is 283. The number of hydrogen-bond donors (Lipinski definition) is 1. The minimum absolute atomic E-state index is 0.141. The number of piperidine rings is 1. The fourth-order valence-corrected chi connectivity index (χ4v) is 3.95. The van der Waals surface area contributed by atoms with E-state index in [-0.39, 0.29) is 5.60 Å². The Hall–Kier alpha value is -0.120. The molecule has 118 valence electrons. The lowest BCUT2D eigenvalue weighted by Crippen LogP contribution is -2.51. The second kappa shape index (κ2) is 7.24. The number of rotatable bonds is 5. The molecule has 2 heterocycles. The summed E-state index contributed by atoms with van der Waals surface area (Å²) >= 11 is 0. The van der Waals surface area contributed by atoms with Gasteiger partial charge < -0.3 is 15.0 Å². The molecule has 0 aliphatic carbocycles. The van der Waals surface area contributed by atoms with Crippen molar-refractivity contribution >= 4 is 0 Å². The molecule has 3 nitrogen and oxygen atoms in total. The summed E-state index contributed by atoms with van der Waals surface area (Å²) < 4.78 is 6.09. The molecule has 2 unspecified atom stereocenters. The standard InChI is InChI=1S/C17H34N2O/c1-5-17(6-2)13-16(9-12-20-17)18-14(3)15-7-10-19(4)11-8-15/h14-16,18H,5-13H2,1-4H3. The van der Waals surface area contributed by atoms with E-state index in [0.717, 1.165) is 25.4 Å². The van der Waals surface area contributed by atoms with Gasteiger partial charge in [-0.05, 0) is 71.5 Å². The summed E-state index contributed by atoms with van der Waals surface area (Å²) in [5.74, 6) is 0.853. The Balaban J connectivity index is 1.83. The molecule has 20 heavy (non-hydrogen) atoms. The minimum Gasteiger partial charge on any atom is -0.375 e. The van der Waals surface area contributed by atoms with Gasteiger partial charge >= 0.3 is 0 Å². The Morgan fingerprint density at radius 3 is 2.45 bits per heavy atom. The quantitative estimate of drug-likeness (QED) is 0.839. The predicted molar refractivity (Wildman–Crippen MR) is 85.1 cm³/mol. The normalized spacial score (nSPS) is 30.3. The van der Waals surface area contributed by atoms with Gasteiger partial charge in [0.1, 0.15) is 0 Å². The van der Waals surface area contributed by atoms with Crippen molar-refractivity contribution in [2.45, 2.75) is 77.0 Å². The SMILES string of the molecule is CCC1(CC)CC(NC(C)C2CCN(C)CC2)CCO1. The van der Waals surface area contributed by atoms with Crippen LogP contribution in [0.5, 0.6) is 0 Å². The first kappa shape index (κ1) is 16.3. The summed E-state index contributed by atoms with van der Waals surface area (Å²) in [6.07, 6.45) is 7.35. The van der Waals surface area contributed by atoms with E-state index in [9.17, 15) is 0 Å². The van der Waals surface area contributed by atoms with Crippen LogP contribution in [0.1, 0.15) is 59.3 Å². The van der Waals surface area contributed by atoms with E-state index in [2.05, 4.69) is 38.0 Å². The molecule has 0 aromatic rings. The van der Waals surface area contributed by atoms with Gasteiger partial charge in [0.2, 0.25) is 0 Å². The third-order valence-corrected chi connectivity index (χ3v) is 5.75. The van der Waals surface area contributed by atoms with E-state index in [1.807, 2.05) is 0 Å². The molecule has 2 saturated heterocycles. The van der Waals surface area contributed by atoms with Crippen LogP contribution in [0.3, 0.4) is 0 Å². The molecule has 0 spiro atoms. The smallest absolute Gasteiger partial charge is 0.0692 e. The van der Waals surface area contributed by atoms with E-state index in [1.165, 1.54) is 38.8 Å². The van der Waals surface area contributed by atoms with Gasteiger partial charge in [0.15, 0.2) is 0 Å². The van der Waals surface area contributed by atoms with Crippen LogP contribution in [-0.2, 0) is 4.74 Å². The number of likely N-dealkylation sites (tertiary alicyclic amines) is 1. The molecule has 2 fully saturated rings. The Morgan fingerprint density at radius 1 is 1.20 bits per heavy atom. The lowest BCUT2D eigenvalue weighted by Gasteiger charge is -2.42. The first-order chi connectivity index (χ1) is 9.58. The Morgan fingerprint density at radius 2 is 1.85 bits per heavy atom. The van der Waals surface area contributed by atoms with Crippen molar-refractivity contribution in [3.63, 3.8) is 0 Å². The van der Waals surface area contributed by atoms with Crippen molar-refractivity contribution in [1.82, 2.24) is 10.2 Å². The van der Waals surface area contributed by atoms with E-state index in [1.54, 1.807) is 0 Å². The highest BCUT2D eigenvalue weighted by atomic mass is 16.5. The van der Waals surface area contributed by atoms with Gasteiger partial charge in [-0.3, -0.25) is 0 Å². The molecule has 2 aliphatic rings. The molecular weight excluding hydrogens is 248 g/mol. The van der Waals surface area contributed by atoms with Gasteiger partial charge in [-0.2, -0.15) is 0 Å². The van der Waals surface area contributed by atoms with Crippen molar-refractivity contribution in [3.05, 3.63) is 0 Å². The molecule has 2 rings (SSSR count). The summed E-state index contributed by atoms with van der Waals surface area (Å²) in [4.78, 5) is 2.46. The minimum atomic E-state index is 0.141. The van der Waals surface area contributed by atoms with Crippen LogP contribution in [0.4, 0.5) is 0 Å². The lowest BCUT2D eigenvalue weighted by atomic mass is 9.84. The molecule has 3 heteroatoms. The maximum absolute atomic E-state index is 6.09. The summed E-state index contributed by atoms with van der Waals surface area (Å²) in [5, 5.41) is 3.93. The van der Waals surface area contributed by atoms with Crippen LogP contribution < -0.4 is 5.32 Å². The second-order valence-electron chi connectivity index (χ2n) is 7.02. The topological polar surface area (TPSA) is 24.5 Å². The van der Waals surface area contributed by atoms with Crippen LogP contribution in [0.15, 0.2) is 0 Å². The van der Waals surface area contributed by atoms with Crippen molar-refractivity contribution in [3.8, 4) is 0 Å². The summed E-state index contributed by atoms with van der Waals surface area (Å²) in [5.41, 5.74) is 0.141. The van der Waals surface area contributed by atoms with Gasteiger partial charge in [0, 0.05) is 18.7 Å². The van der Waals surface area contributed by atoms with E-state index >= 15 is 0 Å². The van der Waals surface area contributed by atoms with E-state index in [4.69, 9.17) is 4.74 Å². The summed E-state index contributed by atoms with van der Waals surface area (Å²) in [7, 11) is 2.24. The zero-order valence-corrected chi connectivity index (χ0v) is 14.0. The van der Waals surface area contributed by atoms with Crippen molar-refractivity contribution < 1.29 is 4.74 Å². The molecule has 2 aliphatic heterocycles. The summed E-state index contributed by atoms with van der Waals surface area (Å²) in [6, 6.07) is 1.30. The molecule has 0 saturated carbocycles. The second-order valence-corrected chi connectivity index (χ2v) is 7.02.